The predicted octanol–water partition coefficient (Wildman–Crippen LogP) is 1.33. The van der Waals surface area contributed by atoms with Gasteiger partial charge in [0.2, 0.25) is 5.91 Å². The number of benzene rings is 1. The Morgan fingerprint density at radius 2 is 1.85 bits per heavy atom. The molecule has 1 aromatic carbocycles. The van der Waals surface area contributed by atoms with Crippen LogP contribution in [0, 0.1) is 5.92 Å². The van der Waals surface area contributed by atoms with Crippen molar-refractivity contribution < 1.29 is 4.79 Å². The van der Waals surface area contributed by atoms with Crippen LogP contribution in [0.15, 0.2) is 30.3 Å². The molecule has 20 heavy (non-hydrogen) atoms. The summed E-state index contributed by atoms with van der Waals surface area (Å²) in [6, 6.07) is 11.0. The Morgan fingerprint density at radius 3 is 2.40 bits per heavy atom. The monoisotopic (exact) mass is 273 g/mol. The fraction of sp³-hybridized carbons (Fsp3) is 0.562. The molecule has 0 radical (unpaired) electrons. The number of rotatable bonds is 3. The molecule has 3 rings (SSSR count). The van der Waals surface area contributed by atoms with Crippen LogP contribution >= 0.6 is 0 Å². The molecule has 4 heteroatoms. The van der Waals surface area contributed by atoms with Gasteiger partial charge in [-0.1, -0.05) is 18.2 Å². The van der Waals surface area contributed by atoms with Crippen LogP contribution in [-0.2, 0) is 4.79 Å². The number of nitrogens with one attached hydrogen (secondary N) is 1. The van der Waals surface area contributed by atoms with Gasteiger partial charge in [0.15, 0.2) is 0 Å². The maximum absolute atomic E-state index is 12.2. The van der Waals surface area contributed by atoms with Crippen molar-refractivity contribution in [2.24, 2.45) is 5.92 Å². The lowest BCUT2D eigenvalue weighted by Crippen LogP contribution is -2.54. The molecule has 1 amide bonds. The van der Waals surface area contributed by atoms with Crippen LogP contribution in [0.2, 0.25) is 0 Å². The third-order valence-electron chi connectivity index (χ3n) is 4.62. The Labute approximate surface area is 120 Å². The van der Waals surface area contributed by atoms with Crippen LogP contribution in [-0.4, -0.2) is 50.1 Å². The quantitative estimate of drug-likeness (QED) is 0.902. The second-order valence-corrected chi connectivity index (χ2v) is 5.86. The summed E-state index contributed by atoms with van der Waals surface area (Å²) in [5, 5.41) is 3.17. The molecule has 0 saturated carbocycles. The van der Waals surface area contributed by atoms with E-state index in [4.69, 9.17) is 0 Å². The van der Waals surface area contributed by atoms with E-state index in [2.05, 4.69) is 46.4 Å². The highest BCUT2D eigenvalue weighted by molar-refractivity contribution is 5.80. The topological polar surface area (TPSA) is 35.6 Å². The number of piperidine rings is 1. The summed E-state index contributed by atoms with van der Waals surface area (Å²) in [4.78, 5) is 16.6. The van der Waals surface area contributed by atoms with Crippen LogP contribution in [0.4, 0.5) is 5.69 Å². The fourth-order valence-electron chi connectivity index (χ4n) is 3.07. The Hall–Kier alpha value is -1.55. The van der Waals surface area contributed by atoms with Crippen molar-refractivity contribution in [1.82, 2.24) is 10.2 Å². The van der Waals surface area contributed by atoms with E-state index in [9.17, 15) is 4.79 Å². The second-order valence-electron chi connectivity index (χ2n) is 5.86. The molecule has 2 aliphatic heterocycles. The third kappa shape index (κ3) is 2.66. The number of hydrogen-bond donors (Lipinski definition) is 1. The van der Waals surface area contributed by atoms with Crippen LogP contribution in [0.3, 0.4) is 0 Å². The summed E-state index contributed by atoms with van der Waals surface area (Å²) in [5.74, 6) is 0.586. The molecule has 0 spiro atoms. The molecule has 0 unspecified atom stereocenters. The molecule has 1 N–H and O–H groups in total. The lowest BCUT2D eigenvalue weighted by molar-refractivity contribution is -0.138. The molecule has 0 aliphatic carbocycles. The van der Waals surface area contributed by atoms with E-state index < -0.39 is 0 Å². The highest BCUT2D eigenvalue weighted by Gasteiger charge is 2.32. The molecule has 0 aromatic heterocycles. The van der Waals surface area contributed by atoms with Crippen LogP contribution in [0.25, 0.3) is 0 Å². The molecule has 2 aliphatic rings. The zero-order chi connectivity index (χ0) is 13.9. The van der Waals surface area contributed by atoms with E-state index in [1.807, 2.05) is 6.07 Å². The summed E-state index contributed by atoms with van der Waals surface area (Å²) in [6.45, 7) is 3.53. The van der Waals surface area contributed by atoms with Crippen LogP contribution < -0.4 is 10.2 Å². The van der Waals surface area contributed by atoms with E-state index in [1.54, 1.807) is 0 Å². The molecule has 2 fully saturated rings. The van der Waals surface area contributed by atoms with Gasteiger partial charge in [0.1, 0.15) is 0 Å². The van der Waals surface area contributed by atoms with Crippen molar-refractivity contribution in [3.05, 3.63) is 30.3 Å². The first-order chi connectivity index (χ1) is 9.75. The third-order valence-corrected chi connectivity index (χ3v) is 4.62. The van der Waals surface area contributed by atoms with Gasteiger partial charge in [-0.15, -0.1) is 0 Å². The smallest absolute Gasteiger partial charge is 0.228 e. The molecule has 1 aromatic rings. The molecule has 2 saturated heterocycles. The molecule has 0 bridgehead atoms. The zero-order valence-electron chi connectivity index (χ0n) is 12.1. The largest absolute Gasteiger partial charge is 0.371 e. The van der Waals surface area contributed by atoms with Gasteiger partial charge in [-0.3, -0.25) is 4.79 Å². The van der Waals surface area contributed by atoms with Crippen molar-refractivity contribution >= 4 is 11.6 Å². The lowest BCUT2D eigenvalue weighted by atomic mass is 9.98. The van der Waals surface area contributed by atoms with E-state index in [-0.39, 0.29) is 5.92 Å². The zero-order valence-corrected chi connectivity index (χ0v) is 12.1. The first kappa shape index (κ1) is 13.4. The first-order valence-corrected chi connectivity index (χ1v) is 7.53. The minimum atomic E-state index is 0.235. The lowest BCUT2D eigenvalue weighted by Gasteiger charge is -2.40. The summed E-state index contributed by atoms with van der Waals surface area (Å²) >= 11 is 0. The fourth-order valence-corrected chi connectivity index (χ4v) is 3.07. The van der Waals surface area contributed by atoms with Crippen LogP contribution in [0.1, 0.15) is 12.8 Å². The summed E-state index contributed by atoms with van der Waals surface area (Å²) in [6.07, 6.45) is 2.13. The average molecular weight is 273 g/mol. The van der Waals surface area contributed by atoms with Gasteiger partial charge in [-0.25, -0.2) is 0 Å². The highest BCUT2D eigenvalue weighted by atomic mass is 16.2. The molecule has 4 nitrogen and oxygen atoms in total. The summed E-state index contributed by atoms with van der Waals surface area (Å²) < 4.78 is 0. The van der Waals surface area contributed by atoms with Gasteiger partial charge >= 0.3 is 0 Å². The van der Waals surface area contributed by atoms with E-state index >= 15 is 0 Å². The Bertz CT molecular complexity index is 450. The Balaban J connectivity index is 1.54. The number of likely N-dealkylation sites (tertiary alicyclic amines) is 1. The normalized spacial score (nSPS) is 20.6. The number of anilines is 1. The van der Waals surface area contributed by atoms with Crippen molar-refractivity contribution in [1.29, 1.82) is 0 Å². The van der Waals surface area contributed by atoms with Crippen molar-refractivity contribution in [3.8, 4) is 0 Å². The SMILES string of the molecule is CN(c1ccccc1)C1CCN(C(=O)C2CNC2)CC1. The maximum Gasteiger partial charge on any atom is 0.228 e. The average Bonchev–Trinajstić information content (AvgIpc) is 2.46. The highest BCUT2D eigenvalue weighted by Crippen LogP contribution is 2.23. The maximum atomic E-state index is 12.2. The van der Waals surface area contributed by atoms with Gasteiger partial charge in [0.05, 0.1) is 5.92 Å². The van der Waals surface area contributed by atoms with E-state index in [0.717, 1.165) is 39.0 Å². The molecular formula is C16H23N3O. The number of amides is 1. The molecule has 2 heterocycles. The first-order valence-electron chi connectivity index (χ1n) is 7.53. The van der Waals surface area contributed by atoms with E-state index in [1.165, 1.54) is 5.69 Å². The van der Waals surface area contributed by atoms with Crippen molar-refractivity contribution in [2.75, 3.05) is 38.1 Å². The summed E-state index contributed by atoms with van der Waals surface area (Å²) in [7, 11) is 2.16. The molecule has 0 atom stereocenters. The number of para-hydroxylation sites is 1. The van der Waals surface area contributed by atoms with Crippen molar-refractivity contribution in [3.63, 3.8) is 0 Å². The van der Waals surface area contributed by atoms with Gasteiger partial charge in [0, 0.05) is 45.0 Å². The standard InChI is InChI=1S/C16H23N3O/c1-18(14-5-3-2-4-6-14)15-7-9-19(10-8-15)16(20)13-11-17-12-13/h2-6,13,15,17H,7-12H2,1H3. The van der Waals surface area contributed by atoms with Gasteiger partial charge in [0.25, 0.3) is 0 Å². The van der Waals surface area contributed by atoms with Gasteiger partial charge in [-0.2, -0.15) is 0 Å². The minimum Gasteiger partial charge on any atom is -0.371 e. The minimum absolute atomic E-state index is 0.235. The Morgan fingerprint density at radius 1 is 1.20 bits per heavy atom. The predicted molar refractivity (Wildman–Crippen MR) is 80.8 cm³/mol. The number of hydrogen-bond acceptors (Lipinski definition) is 3. The number of carbonyl (C=O) groups excluding carboxylic acids is 1. The molecule has 108 valence electrons. The van der Waals surface area contributed by atoms with Gasteiger partial charge in [-0.05, 0) is 25.0 Å². The number of nitrogens with zero attached hydrogens (tertiary/aromatic N) is 2. The Kier molecular flexibility index (Phi) is 3.92. The van der Waals surface area contributed by atoms with Crippen molar-refractivity contribution in [2.45, 2.75) is 18.9 Å². The molecular weight excluding hydrogens is 250 g/mol. The number of carbonyl (C=O) groups is 1. The van der Waals surface area contributed by atoms with Gasteiger partial charge < -0.3 is 15.1 Å². The van der Waals surface area contributed by atoms with E-state index in [0.29, 0.717) is 11.9 Å². The second kappa shape index (κ2) is 5.83. The van der Waals surface area contributed by atoms with Crippen LogP contribution in [0.5, 0.6) is 0 Å². The summed E-state index contributed by atoms with van der Waals surface area (Å²) in [5.41, 5.74) is 1.26.